The van der Waals surface area contributed by atoms with Crippen molar-refractivity contribution >= 4 is 33.8 Å². The molecule has 1 fully saturated rings. The average molecular weight is 390 g/mol. The van der Waals surface area contributed by atoms with Gasteiger partial charge in [0.05, 0.1) is 11.8 Å². The topological polar surface area (TPSA) is 83.7 Å². The third-order valence-electron chi connectivity index (χ3n) is 4.62. The third-order valence-corrected chi connectivity index (χ3v) is 5.60. The van der Waals surface area contributed by atoms with Crippen molar-refractivity contribution in [3.8, 4) is 0 Å². The zero-order valence-corrected chi connectivity index (χ0v) is 16.7. The molecule has 1 unspecified atom stereocenters. The summed E-state index contributed by atoms with van der Waals surface area (Å²) in [5.41, 5.74) is 9.61. The lowest BCUT2D eigenvalue weighted by Crippen LogP contribution is -2.53. The maximum absolute atomic E-state index is 12.4. The van der Waals surface area contributed by atoms with Crippen LogP contribution in [-0.4, -0.2) is 63.5 Å². The fraction of sp³-hybridized carbons (Fsp3) is 0.588. The van der Waals surface area contributed by atoms with Gasteiger partial charge in [-0.15, -0.1) is 12.4 Å². The maximum atomic E-state index is 12.4. The number of benzene rings is 1. The molecule has 1 heterocycles. The number of amides is 1. The van der Waals surface area contributed by atoms with Crippen molar-refractivity contribution in [3.63, 3.8) is 0 Å². The Hall–Kier alpha value is -1.31. The fourth-order valence-corrected chi connectivity index (χ4v) is 3.63. The molecule has 1 amide bonds. The van der Waals surface area contributed by atoms with E-state index in [0.29, 0.717) is 13.1 Å². The minimum absolute atomic E-state index is 0. The van der Waals surface area contributed by atoms with Crippen molar-refractivity contribution in [1.29, 1.82) is 0 Å². The summed E-state index contributed by atoms with van der Waals surface area (Å²) < 4.78 is 22.4. The number of carbonyl (C=O) groups excluding carboxylic acids is 1. The van der Waals surface area contributed by atoms with Crippen LogP contribution < -0.4 is 10.6 Å². The summed E-state index contributed by atoms with van der Waals surface area (Å²) in [5.74, 6) is -0.207. The summed E-state index contributed by atoms with van der Waals surface area (Å²) in [7, 11) is -3.10. The van der Waals surface area contributed by atoms with Crippen molar-refractivity contribution in [3.05, 3.63) is 29.3 Å². The number of sulfone groups is 1. The number of aryl methyl sites for hydroxylation is 1. The lowest BCUT2D eigenvalue weighted by molar-refractivity contribution is -0.132. The molecule has 0 saturated carbocycles. The summed E-state index contributed by atoms with van der Waals surface area (Å²) in [6, 6.07) is 5.51. The number of nitrogens with zero attached hydrogens (tertiary/aromatic N) is 2. The van der Waals surface area contributed by atoms with Crippen LogP contribution in [0.2, 0.25) is 0 Å². The molecule has 1 aromatic carbocycles. The standard InChI is InChI=1S/C17H27N3O3S.ClH/c1-13-5-4-6-16(14(13)2)19-8-10-20(11-9-19)17(21)15(18)7-12-24(3,22)23;/h4-6,15H,7-12,18H2,1-3H3;1H. The Balaban J connectivity index is 0.00000312. The van der Waals surface area contributed by atoms with Crippen LogP contribution in [0.5, 0.6) is 0 Å². The number of carbonyl (C=O) groups is 1. The van der Waals surface area contributed by atoms with Gasteiger partial charge in [0.15, 0.2) is 0 Å². The van der Waals surface area contributed by atoms with Gasteiger partial charge in [0, 0.05) is 38.1 Å². The Labute approximate surface area is 156 Å². The van der Waals surface area contributed by atoms with Gasteiger partial charge in [0.2, 0.25) is 5.91 Å². The van der Waals surface area contributed by atoms with E-state index in [1.807, 2.05) is 0 Å². The molecule has 0 bridgehead atoms. The minimum atomic E-state index is -3.10. The van der Waals surface area contributed by atoms with Gasteiger partial charge in [-0.1, -0.05) is 12.1 Å². The molecule has 1 aromatic rings. The first-order chi connectivity index (χ1) is 11.2. The maximum Gasteiger partial charge on any atom is 0.239 e. The van der Waals surface area contributed by atoms with E-state index in [9.17, 15) is 13.2 Å². The molecule has 0 aliphatic carbocycles. The molecule has 0 aromatic heterocycles. The summed E-state index contributed by atoms with van der Waals surface area (Å²) in [6.07, 6.45) is 1.34. The number of halogens is 1. The first-order valence-corrected chi connectivity index (χ1v) is 10.3. The Morgan fingerprint density at radius 1 is 1.20 bits per heavy atom. The summed E-state index contributed by atoms with van der Waals surface area (Å²) in [4.78, 5) is 16.4. The second-order valence-corrected chi connectivity index (χ2v) is 8.82. The Kier molecular flexibility index (Phi) is 7.71. The first kappa shape index (κ1) is 21.7. The molecule has 2 rings (SSSR count). The van der Waals surface area contributed by atoms with E-state index < -0.39 is 15.9 Å². The zero-order valence-electron chi connectivity index (χ0n) is 15.1. The first-order valence-electron chi connectivity index (χ1n) is 8.22. The zero-order chi connectivity index (χ0) is 17.9. The molecule has 1 aliphatic rings. The molecule has 142 valence electrons. The smallest absolute Gasteiger partial charge is 0.239 e. The predicted octanol–water partition coefficient (Wildman–Crippen LogP) is 1.14. The van der Waals surface area contributed by atoms with Gasteiger partial charge in [-0.2, -0.15) is 0 Å². The number of hydrogen-bond donors (Lipinski definition) is 1. The monoisotopic (exact) mass is 389 g/mol. The molecule has 1 aliphatic heterocycles. The molecule has 1 saturated heterocycles. The van der Waals surface area contributed by atoms with Gasteiger partial charge >= 0.3 is 0 Å². The van der Waals surface area contributed by atoms with Gasteiger partial charge in [-0.3, -0.25) is 4.79 Å². The minimum Gasteiger partial charge on any atom is -0.368 e. The van der Waals surface area contributed by atoms with Crippen LogP contribution >= 0.6 is 12.4 Å². The summed E-state index contributed by atoms with van der Waals surface area (Å²) in [5, 5.41) is 0. The van der Waals surface area contributed by atoms with E-state index in [2.05, 4.69) is 36.9 Å². The molecule has 0 radical (unpaired) electrons. The van der Waals surface area contributed by atoms with E-state index in [4.69, 9.17) is 5.73 Å². The molecule has 6 nitrogen and oxygen atoms in total. The van der Waals surface area contributed by atoms with Gasteiger partial charge in [0.1, 0.15) is 9.84 Å². The summed E-state index contributed by atoms with van der Waals surface area (Å²) in [6.45, 7) is 6.95. The van der Waals surface area contributed by atoms with Crippen LogP contribution in [0, 0.1) is 13.8 Å². The van der Waals surface area contributed by atoms with Crippen LogP contribution in [0.15, 0.2) is 18.2 Å². The van der Waals surface area contributed by atoms with Gasteiger partial charge in [0.25, 0.3) is 0 Å². The molecule has 8 heteroatoms. The van der Waals surface area contributed by atoms with Gasteiger partial charge in [-0.25, -0.2) is 8.42 Å². The second-order valence-electron chi connectivity index (χ2n) is 6.56. The number of hydrogen-bond acceptors (Lipinski definition) is 5. The Morgan fingerprint density at radius 3 is 2.36 bits per heavy atom. The summed E-state index contributed by atoms with van der Waals surface area (Å²) >= 11 is 0. The Bertz CT molecular complexity index is 701. The molecule has 0 spiro atoms. The van der Waals surface area contributed by atoms with Gasteiger partial charge in [-0.05, 0) is 37.5 Å². The molecule has 25 heavy (non-hydrogen) atoms. The average Bonchev–Trinajstić information content (AvgIpc) is 2.54. The highest BCUT2D eigenvalue weighted by molar-refractivity contribution is 7.90. The normalized spacial score (nSPS) is 16.3. The van der Waals surface area contributed by atoms with Crippen molar-refractivity contribution in [2.24, 2.45) is 5.73 Å². The van der Waals surface area contributed by atoms with Gasteiger partial charge < -0.3 is 15.5 Å². The van der Waals surface area contributed by atoms with Crippen molar-refractivity contribution < 1.29 is 13.2 Å². The van der Waals surface area contributed by atoms with Crippen LogP contribution in [0.25, 0.3) is 0 Å². The van der Waals surface area contributed by atoms with E-state index in [1.165, 1.54) is 16.8 Å². The molecule has 2 N–H and O–H groups in total. The highest BCUT2D eigenvalue weighted by Gasteiger charge is 2.26. The van der Waals surface area contributed by atoms with Crippen molar-refractivity contribution in [1.82, 2.24) is 4.90 Å². The van der Waals surface area contributed by atoms with Crippen LogP contribution in [-0.2, 0) is 14.6 Å². The molecule has 1 atom stereocenters. The second kappa shape index (κ2) is 8.87. The largest absolute Gasteiger partial charge is 0.368 e. The predicted molar refractivity (Wildman–Crippen MR) is 104 cm³/mol. The third kappa shape index (κ3) is 5.87. The van der Waals surface area contributed by atoms with E-state index in [1.54, 1.807) is 4.90 Å². The van der Waals surface area contributed by atoms with E-state index in [-0.39, 0.29) is 30.5 Å². The van der Waals surface area contributed by atoms with E-state index >= 15 is 0 Å². The van der Waals surface area contributed by atoms with Crippen LogP contribution in [0.1, 0.15) is 17.5 Å². The lowest BCUT2D eigenvalue weighted by Gasteiger charge is -2.38. The van der Waals surface area contributed by atoms with E-state index in [0.717, 1.165) is 19.3 Å². The highest BCUT2D eigenvalue weighted by atomic mass is 35.5. The highest BCUT2D eigenvalue weighted by Crippen LogP contribution is 2.24. The van der Waals surface area contributed by atoms with Crippen LogP contribution in [0.3, 0.4) is 0 Å². The number of anilines is 1. The fourth-order valence-electron chi connectivity index (χ4n) is 2.94. The molecular formula is C17H28ClN3O3S. The van der Waals surface area contributed by atoms with Crippen LogP contribution in [0.4, 0.5) is 5.69 Å². The SMILES string of the molecule is Cc1cccc(N2CCN(C(=O)C(N)CCS(C)(=O)=O)CC2)c1C.Cl. The Morgan fingerprint density at radius 2 is 1.80 bits per heavy atom. The quantitative estimate of drug-likeness (QED) is 0.816. The lowest BCUT2D eigenvalue weighted by atomic mass is 10.1. The molecular weight excluding hydrogens is 362 g/mol. The number of piperazine rings is 1. The van der Waals surface area contributed by atoms with Crippen molar-refractivity contribution in [2.45, 2.75) is 26.3 Å². The number of rotatable bonds is 5. The van der Waals surface area contributed by atoms with Crippen molar-refractivity contribution in [2.75, 3.05) is 43.1 Å². The number of nitrogens with two attached hydrogens (primary N) is 1.